The maximum atomic E-state index is 13.9. The van der Waals surface area contributed by atoms with E-state index in [2.05, 4.69) is 10.3 Å². The van der Waals surface area contributed by atoms with Crippen LogP contribution in [0.15, 0.2) is 23.6 Å². The predicted octanol–water partition coefficient (Wildman–Crippen LogP) is 0.286. The van der Waals surface area contributed by atoms with Crippen molar-refractivity contribution in [2.24, 2.45) is 0 Å². The van der Waals surface area contributed by atoms with Crippen LogP contribution in [-0.2, 0) is 11.3 Å². The van der Waals surface area contributed by atoms with Crippen LogP contribution < -0.4 is 15.1 Å². The number of piperazine rings is 1. The van der Waals surface area contributed by atoms with E-state index in [4.69, 9.17) is 0 Å². The lowest BCUT2D eigenvalue weighted by molar-refractivity contribution is -1.02. The van der Waals surface area contributed by atoms with Crippen molar-refractivity contribution in [3.63, 3.8) is 0 Å². The molecule has 0 radical (unpaired) electrons. The maximum Gasteiger partial charge on any atom is 0.275 e. The summed E-state index contributed by atoms with van der Waals surface area (Å²) in [5.74, 6) is -1.09. The Bertz CT molecular complexity index is 806. The van der Waals surface area contributed by atoms with Gasteiger partial charge in [0.1, 0.15) is 49.4 Å². The largest absolute Gasteiger partial charge is 0.347 e. The van der Waals surface area contributed by atoms with E-state index in [0.29, 0.717) is 12.2 Å². The van der Waals surface area contributed by atoms with Crippen LogP contribution in [0.2, 0.25) is 0 Å². The fourth-order valence-corrected chi connectivity index (χ4v) is 4.32. The fraction of sp³-hybridized carbons (Fsp3) is 0.500. The normalized spacial score (nSPS) is 20.2. The van der Waals surface area contributed by atoms with Crippen LogP contribution in [0.3, 0.4) is 0 Å². The molecule has 1 aliphatic heterocycles. The van der Waals surface area contributed by atoms with E-state index in [1.807, 2.05) is 20.8 Å². The summed E-state index contributed by atoms with van der Waals surface area (Å²) in [7, 11) is 0. The van der Waals surface area contributed by atoms with E-state index in [1.165, 1.54) is 39.3 Å². The molecule has 1 amide bonds. The van der Waals surface area contributed by atoms with E-state index in [1.54, 1.807) is 5.38 Å². The van der Waals surface area contributed by atoms with Crippen LogP contribution in [0.1, 0.15) is 25.8 Å². The van der Waals surface area contributed by atoms with Crippen LogP contribution in [0.4, 0.5) is 8.78 Å². The van der Waals surface area contributed by atoms with E-state index < -0.39 is 11.6 Å². The molecule has 1 aromatic carbocycles. The number of hydrogen-bond acceptors (Lipinski definition) is 3. The van der Waals surface area contributed by atoms with Gasteiger partial charge in [-0.15, -0.1) is 11.3 Å². The Kier molecular flexibility index (Phi) is 6.42. The van der Waals surface area contributed by atoms with Crippen LogP contribution in [0.25, 0.3) is 11.3 Å². The van der Waals surface area contributed by atoms with Crippen molar-refractivity contribution in [1.29, 1.82) is 0 Å². The quantitative estimate of drug-likeness (QED) is 0.664. The van der Waals surface area contributed by atoms with Crippen LogP contribution in [0.5, 0.6) is 0 Å². The number of nitrogens with one attached hydrogen (secondary N) is 3. The Morgan fingerprint density at radius 3 is 2.36 bits per heavy atom. The maximum absolute atomic E-state index is 13.9. The van der Waals surface area contributed by atoms with Gasteiger partial charge in [-0.1, -0.05) is 6.07 Å². The SMILES string of the molecule is CC(C)(C)NC(=O)C[NH+]1CC[NH+](Cc2nc(-c3c(F)cccc3F)cs2)CC1. The van der Waals surface area contributed by atoms with Crippen molar-refractivity contribution in [1.82, 2.24) is 10.3 Å². The molecule has 1 aliphatic rings. The smallest absolute Gasteiger partial charge is 0.275 e. The number of halogens is 2. The highest BCUT2D eigenvalue weighted by molar-refractivity contribution is 7.09. The summed E-state index contributed by atoms with van der Waals surface area (Å²) >= 11 is 1.44. The van der Waals surface area contributed by atoms with Gasteiger partial charge in [-0.3, -0.25) is 4.79 Å². The third kappa shape index (κ3) is 5.56. The predicted molar refractivity (Wildman–Crippen MR) is 105 cm³/mol. The molecule has 1 aromatic heterocycles. The summed E-state index contributed by atoms with van der Waals surface area (Å²) in [5, 5.41) is 5.60. The van der Waals surface area contributed by atoms with Gasteiger partial charge in [-0.05, 0) is 32.9 Å². The van der Waals surface area contributed by atoms with Gasteiger partial charge in [0.25, 0.3) is 5.91 Å². The summed E-state index contributed by atoms with van der Waals surface area (Å²) < 4.78 is 27.9. The number of aromatic nitrogens is 1. The van der Waals surface area contributed by atoms with Gasteiger partial charge in [0.15, 0.2) is 6.54 Å². The van der Waals surface area contributed by atoms with Crippen LogP contribution in [0, 0.1) is 11.6 Å². The molecule has 0 bridgehead atoms. The standard InChI is InChI=1S/C20H26F2N4OS/c1-20(2,3)24-17(27)11-25-7-9-26(10-8-25)12-18-23-16(13-28-18)19-14(21)5-4-6-15(19)22/h4-6,13H,7-12H2,1-3H3,(H,24,27)/p+2. The first-order valence-electron chi connectivity index (χ1n) is 9.58. The third-order valence-corrected chi connectivity index (χ3v) is 5.61. The number of amides is 1. The summed E-state index contributed by atoms with van der Waals surface area (Å²) in [5.41, 5.74) is 0.0985. The second kappa shape index (κ2) is 8.63. The average Bonchev–Trinajstić information content (AvgIpc) is 3.03. The molecule has 0 unspecified atom stereocenters. The lowest BCUT2D eigenvalue weighted by Crippen LogP contribution is -3.28. The Morgan fingerprint density at radius 2 is 1.75 bits per heavy atom. The highest BCUT2D eigenvalue weighted by Gasteiger charge is 2.27. The van der Waals surface area contributed by atoms with E-state index in [9.17, 15) is 13.6 Å². The lowest BCUT2D eigenvalue weighted by atomic mass is 10.1. The number of carbonyl (C=O) groups excluding carboxylic acids is 1. The van der Waals surface area contributed by atoms with Crippen molar-refractivity contribution < 1.29 is 23.4 Å². The van der Waals surface area contributed by atoms with Crippen molar-refractivity contribution in [3.8, 4) is 11.3 Å². The number of carbonyl (C=O) groups is 1. The molecule has 0 atom stereocenters. The van der Waals surface area contributed by atoms with Crippen LogP contribution in [-0.4, -0.2) is 49.2 Å². The molecule has 152 valence electrons. The molecule has 2 heterocycles. The van der Waals surface area contributed by atoms with Crippen LogP contribution >= 0.6 is 11.3 Å². The molecule has 1 saturated heterocycles. The number of hydrogen-bond donors (Lipinski definition) is 3. The number of benzene rings is 1. The molecule has 0 aliphatic carbocycles. The zero-order valence-electron chi connectivity index (χ0n) is 16.6. The number of quaternary nitrogens is 2. The minimum absolute atomic E-state index is 0.0564. The van der Waals surface area contributed by atoms with Crippen molar-refractivity contribution in [3.05, 3.63) is 40.2 Å². The number of nitrogens with zero attached hydrogens (tertiary/aromatic N) is 1. The molecule has 0 spiro atoms. The van der Waals surface area contributed by atoms with E-state index in [0.717, 1.165) is 37.7 Å². The fourth-order valence-electron chi connectivity index (χ4n) is 3.46. The molecule has 3 rings (SSSR count). The second-order valence-corrected chi connectivity index (χ2v) is 9.32. The topological polar surface area (TPSA) is 50.9 Å². The van der Waals surface area contributed by atoms with Gasteiger partial charge in [0.05, 0.1) is 11.3 Å². The Morgan fingerprint density at radius 1 is 1.14 bits per heavy atom. The zero-order chi connectivity index (χ0) is 20.3. The van der Waals surface area contributed by atoms with Gasteiger partial charge in [0.2, 0.25) is 0 Å². The van der Waals surface area contributed by atoms with Crippen molar-refractivity contribution >= 4 is 17.2 Å². The summed E-state index contributed by atoms with van der Waals surface area (Å²) in [6.45, 7) is 10.9. The highest BCUT2D eigenvalue weighted by Crippen LogP contribution is 2.26. The Labute approximate surface area is 168 Å². The molecule has 5 nitrogen and oxygen atoms in total. The summed E-state index contributed by atoms with van der Waals surface area (Å²) in [6.07, 6.45) is 0. The highest BCUT2D eigenvalue weighted by atomic mass is 32.1. The first-order chi connectivity index (χ1) is 13.2. The Balaban J connectivity index is 1.52. The molecule has 0 saturated carbocycles. The average molecular weight is 411 g/mol. The molecule has 3 N–H and O–H groups in total. The summed E-state index contributed by atoms with van der Waals surface area (Å²) in [6, 6.07) is 3.86. The first-order valence-corrected chi connectivity index (χ1v) is 10.5. The monoisotopic (exact) mass is 410 g/mol. The number of thiazole rings is 1. The van der Waals surface area contributed by atoms with Crippen molar-refractivity contribution in [2.45, 2.75) is 32.9 Å². The van der Waals surface area contributed by atoms with Gasteiger partial charge < -0.3 is 15.1 Å². The molecule has 1 fully saturated rings. The zero-order valence-corrected chi connectivity index (χ0v) is 17.4. The van der Waals surface area contributed by atoms with Crippen molar-refractivity contribution in [2.75, 3.05) is 32.7 Å². The summed E-state index contributed by atoms with van der Waals surface area (Å²) in [4.78, 5) is 19.2. The van der Waals surface area contributed by atoms with Gasteiger partial charge >= 0.3 is 0 Å². The van der Waals surface area contributed by atoms with Gasteiger partial charge in [-0.2, -0.15) is 0 Å². The number of rotatable bonds is 5. The molecular formula is C20H28F2N4OS+2. The minimum Gasteiger partial charge on any atom is -0.347 e. The van der Waals surface area contributed by atoms with Gasteiger partial charge in [0, 0.05) is 10.9 Å². The van der Waals surface area contributed by atoms with E-state index in [-0.39, 0.29) is 17.0 Å². The second-order valence-electron chi connectivity index (χ2n) is 8.37. The first kappa shape index (κ1) is 20.8. The molecule has 2 aromatic rings. The van der Waals surface area contributed by atoms with E-state index >= 15 is 0 Å². The molecule has 8 heteroatoms. The minimum atomic E-state index is -0.588. The molecular weight excluding hydrogens is 382 g/mol. The van der Waals surface area contributed by atoms with Gasteiger partial charge in [-0.25, -0.2) is 13.8 Å². The Hall–Kier alpha value is -1.90. The lowest BCUT2D eigenvalue weighted by Gasteiger charge is -2.29. The third-order valence-electron chi connectivity index (χ3n) is 4.76. The molecule has 28 heavy (non-hydrogen) atoms.